The van der Waals surface area contributed by atoms with Gasteiger partial charge in [0.2, 0.25) is 5.88 Å². The predicted molar refractivity (Wildman–Crippen MR) is 105 cm³/mol. The third kappa shape index (κ3) is 5.59. The molecule has 0 aromatic carbocycles. The highest BCUT2D eigenvalue weighted by molar-refractivity contribution is 7.90. The Morgan fingerprint density at radius 3 is 2.57 bits per heavy atom. The standard InChI is InChI=1S/C20H30N2O5S/c1-14(2)27-20(23)22-9-6-15(7-10-22)18-12-16(18)8-11-26-19-5-4-17(13-21-19)28(3,24)25/h4-5,13-16,18H,6-12H2,1-3H3/t16-,18-/m1/s1. The number of aromatic nitrogens is 1. The highest BCUT2D eigenvalue weighted by atomic mass is 32.2. The molecule has 2 fully saturated rings. The molecule has 0 spiro atoms. The van der Waals surface area contributed by atoms with Crippen LogP contribution in [0, 0.1) is 17.8 Å². The number of amides is 1. The van der Waals surface area contributed by atoms with E-state index in [0.29, 0.717) is 24.3 Å². The number of hydrogen-bond donors (Lipinski definition) is 0. The molecule has 2 atom stereocenters. The zero-order valence-corrected chi connectivity index (χ0v) is 17.7. The van der Waals surface area contributed by atoms with E-state index in [1.54, 1.807) is 6.07 Å². The van der Waals surface area contributed by atoms with Crippen LogP contribution in [-0.4, -0.2) is 56.5 Å². The van der Waals surface area contributed by atoms with Gasteiger partial charge in [0, 0.05) is 31.6 Å². The Balaban J connectivity index is 1.35. The lowest BCUT2D eigenvalue weighted by molar-refractivity contribution is 0.0633. The fourth-order valence-electron chi connectivity index (χ4n) is 3.95. The summed E-state index contributed by atoms with van der Waals surface area (Å²) < 4.78 is 33.8. The topological polar surface area (TPSA) is 85.8 Å². The van der Waals surface area contributed by atoms with E-state index in [9.17, 15) is 13.2 Å². The highest BCUT2D eigenvalue weighted by Gasteiger charge is 2.43. The SMILES string of the molecule is CC(C)OC(=O)N1CCC([C@H]2C[C@H]2CCOc2ccc(S(C)(=O)=O)cn2)CC1. The normalized spacial score (nSPS) is 22.9. The molecule has 0 radical (unpaired) electrons. The van der Waals surface area contributed by atoms with E-state index >= 15 is 0 Å². The summed E-state index contributed by atoms with van der Waals surface area (Å²) in [5, 5.41) is 0. The number of ether oxygens (including phenoxy) is 2. The molecule has 1 saturated carbocycles. The number of nitrogens with zero attached hydrogens (tertiary/aromatic N) is 2. The summed E-state index contributed by atoms with van der Waals surface area (Å²) in [5.41, 5.74) is 0. The largest absolute Gasteiger partial charge is 0.478 e. The third-order valence-corrected chi connectivity index (χ3v) is 6.69. The van der Waals surface area contributed by atoms with Gasteiger partial charge in [0.1, 0.15) is 0 Å². The number of carbonyl (C=O) groups excluding carboxylic acids is 1. The Hall–Kier alpha value is -1.83. The fourth-order valence-corrected chi connectivity index (χ4v) is 4.51. The van der Waals surface area contributed by atoms with E-state index in [0.717, 1.165) is 44.5 Å². The molecule has 28 heavy (non-hydrogen) atoms. The maximum absolute atomic E-state index is 12.0. The molecule has 1 aromatic rings. The van der Waals surface area contributed by atoms with Gasteiger partial charge in [-0.1, -0.05) is 0 Å². The number of rotatable bonds is 7. The average molecular weight is 411 g/mol. The van der Waals surface area contributed by atoms with Crippen LogP contribution in [0.15, 0.2) is 23.2 Å². The average Bonchev–Trinajstić information content (AvgIpc) is 3.40. The number of sulfone groups is 1. The van der Waals surface area contributed by atoms with E-state index in [4.69, 9.17) is 9.47 Å². The lowest BCUT2D eigenvalue weighted by atomic mass is 9.91. The first-order chi connectivity index (χ1) is 13.2. The van der Waals surface area contributed by atoms with Crippen molar-refractivity contribution >= 4 is 15.9 Å². The van der Waals surface area contributed by atoms with Gasteiger partial charge in [-0.05, 0) is 63.4 Å². The van der Waals surface area contributed by atoms with Crippen LogP contribution in [-0.2, 0) is 14.6 Å². The molecule has 1 aliphatic heterocycles. The molecule has 2 heterocycles. The maximum atomic E-state index is 12.0. The number of pyridine rings is 1. The monoisotopic (exact) mass is 410 g/mol. The second-order valence-electron chi connectivity index (χ2n) is 8.16. The number of hydrogen-bond acceptors (Lipinski definition) is 6. The zero-order valence-electron chi connectivity index (χ0n) is 16.8. The van der Waals surface area contributed by atoms with Gasteiger partial charge < -0.3 is 14.4 Å². The second kappa shape index (κ2) is 8.68. The van der Waals surface area contributed by atoms with Gasteiger partial charge in [-0.3, -0.25) is 0 Å². The summed E-state index contributed by atoms with van der Waals surface area (Å²) >= 11 is 0. The van der Waals surface area contributed by atoms with E-state index in [1.165, 1.54) is 18.7 Å². The van der Waals surface area contributed by atoms with Gasteiger partial charge >= 0.3 is 6.09 Å². The minimum Gasteiger partial charge on any atom is -0.478 e. The molecule has 0 N–H and O–H groups in total. The van der Waals surface area contributed by atoms with Crippen LogP contribution in [0.1, 0.15) is 39.5 Å². The van der Waals surface area contributed by atoms with Gasteiger partial charge in [0.15, 0.2) is 9.84 Å². The van der Waals surface area contributed by atoms with Crippen molar-refractivity contribution in [3.63, 3.8) is 0 Å². The van der Waals surface area contributed by atoms with Gasteiger partial charge in [-0.15, -0.1) is 0 Å². The minimum absolute atomic E-state index is 0.0740. The summed E-state index contributed by atoms with van der Waals surface area (Å²) in [6, 6.07) is 3.13. The summed E-state index contributed by atoms with van der Waals surface area (Å²) in [6.07, 6.45) is 6.53. The van der Waals surface area contributed by atoms with Crippen molar-refractivity contribution in [2.24, 2.45) is 17.8 Å². The number of likely N-dealkylation sites (tertiary alicyclic amines) is 1. The van der Waals surface area contributed by atoms with E-state index in [2.05, 4.69) is 4.98 Å². The molecule has 1 amide bonds. The lowest BCUT2D eigenvalue weighted by Gasteiger charge is -2.32. The first-order valence-corrected chi connectivity index (χ1v) is 11.9. The van der Waals surface area contributed by atoms with E-state index in [1.807, 2.05) is 18.7 Å². The van der Waals surface area contributed by atoms with Crippen LogP contribution in [0.25, 0.3) is 0 Å². The number of piperidine rings is 1. The molecule has 8 heteroatoms. The van der Waals surface area contributed by atoms with Crippen molar-refractivity contribution in [2.75, 3.05) is 26.0 Å². The highest BCUT2D eigenvalue weighted by Crippen LogP contribution is 2.49. The van der Waals surface area contributed by atoms with Gasteiger partial charge in [-0.25, -0.2) is 18.2 Å². The molecule has 0 bridgehead atoms. The molecule has 1 aliphatic carbocycles. The molecular weight excluding hydrogens is 380 g/mol. The van der Waals surface area contributed by atoms with Crippen molar-refractivity contribution in [3.05, 3.63) is 18.3 Å². The minimum atomic E-state index is -3.23. The van der Waals surface area contributed by atoms with Crippen molar-refractivity contribution in [1.29, 1.82) is 0 Å². The van der Waals surface area contributed by atoms with Gasteiger partial charge in [0.05, 0.1) is 17.6 Å². The molecule has 1 saturated heterocycles. The van der Waals surface area contributed by atoms with Crippen molar-refractivity contribution in [1.82, 2.24) is 9.88 Å². The van der Waals surface area contributed by atoms with Crippen LogP contribution >= 0.6 is 0 Å². The summed E-state index contributed by atoms with van der Waals surface area (Å²) in [7, 11) is -3.23. The Labute approximate surface area is 167 Å². The van der Waals surface area contributed by atoms with Crippen molar-refractivity contribution in [3.8, 4) is 5.88 Å². The molecule has 0 unspecified atom stereocenters. The van der Waals surface area contributed by atoms with Crippen molar-refractivity contribution < 1.29 is 22.7 Å². The van der Waals surface area contributed by atoms with E-state index < -0.39 is 9.84 Å². The summed E-state index contributed by atoms with van der Waals surface area (Å²) in [5.74, 6) is 2.55. The van der Waals surface area contributed by atoms with E-state index in [-0.39, 0.29) is 17.1 Å². The summed E-state index contributed by atoms with van der Waals surface area (Å²) in [4.78, 5) is 18.1. The molecule has 2 aliphatic rings. The van der Waals surface area contributed by atoms with Crippen LogP contribution in [0.3, 0.4) is 0 Å². The molecule has 7 nitrogen and oxygen atoms in total. The predicted octanol–water partition coefficient (Wildman–Crippen LogP) is 3.15. The lowest BCUT2D eigenvalue weighted by Crippen LogP contribution is -2.40. The van der Waals surface area contributed by atoms with Crippen LogP contribution in [0.5, 0.6) is 5.88 Å². The molecule has 3 rings (SSSR count). The van der Waals surface area contributed by atoms with Crippen LogP contribution in [0.4, 0.5) is 4.79 Å². The molecule has 1 aromatic heterocycles. The Bertz CT molecular complexity index is 770. The first-order valence-electron chi connectivity index (χ1n) is 9.98. The van der Waals surface area contributed by atoms with Crippen LogP contribution in [0.2, 0.25) is 0 Å². The third-order valence-electron chi connectivity index (χ3n) is 5.59. The van der Waals surface area contributed by atoms with Crippen molar-refractivity contribution in [2.45, 2.75) is 50.5 Å². The van der Waals surface area contributed by atoms with Gasteiger partial charge in [-0.2, -0.15) is 0 Å². The zero-order chi connectivity index (χ0) is 20.3. The van der Waals surface area contributed by atoms with Crippen LogP contribution < -0.4 is 4.74 Å². The quantitative estimate of drug-likeness (QED) is 0.686. The smallest absolute Gasteiger partial charge is 0.410 e. The van der Waals surface area contributed by atoms with Gasteiger partial charge in [0.25, 0.3) is 0 Å². The fraction of sp³-hybridized carbons (Fsp3) is 0.700. The molecule has 156 valence electrons. The Kier molecular flexibility index (Phi) is 6.47. The number of carbonyl (C=O) groups is 1. The Morgan fingerprint density at radius 1 is 1.29 bits per heavy atom. The maximum Gasteiger partial charge on any atom is 0.410 e. The molecular formula is C20H30N2O5S. The first kappa shape index (κ1) is 20.9. The Morgan fingerprint density at radius 2 is 2.00 bits per heavy atom. The summed E-state index contributed by atoms with van der Waals surface area (Å²) in [6.45, 7) is 5.90. The second-order valence-corrected chi connectivity index (χ2v) is 10.2.